The van der Waals surface area contributed by atoms with Crippen LogP contribution in [0.5, 0.6) is 0 Å². The highest BCUT2D eigenvalue weighted by Crippen LogP contribution is 2.34. The molecule has 0 bridgehead atoms. The lowest BCUT2D eigenvalue weighted by Gasteiger charge is -2.34. The maximum absolute atomic E-state index is 5.55. The van der Waals surface area contributed by atoms with Crippen LogP contribution in [0.15, 0.2) is 12.1 Å². The van der Waals surface area contributed by atoms with E-state index in [1.807, 2.05) is 0 Å². The molecule has 0 amide bonds. The Labute approximate surface area is 117 Å². The van der Waals surface area contributed by atoms with Crippen molar-refractivity contribution in [1.29, 1.82) is 0 Å². The smallest absolute Gasteiger partial charge is 0.0639 e. The molecule has 1 fully saturated rings. The molecule has 1 saturated heterocycles. The molecule has 2 heterocycles. The zero-order valence-electron chi connectivity index (χ0n) is 12.9. The van der Waals surface area contributed by atoms with E-state index in [4.69, 9.17) is 9.72 Å². The average Bonchev–Trinajstić information content (AvgIpc) is 2.91. The van der Waals surface area contributed by atoms with Crippen LogP contribution in [0.3, 0.4) is 0 Å². The lowest BCUT2D eigenvalue weighted by molar-refractivity contribution is 0.184. The normalized spacial score (nSPS) is 20.2. The van der Waals surface area contributed by atoms with Crippen LogP contribution in [-0.4, -0.2) is 37.2 Å². The first-order valence-corrected chi connectivity index (χ1v) is 7.22. The van der Waals surface area contributed by atoms with Crippen LogP contribution in [0, 0.1) is 0 Å². The molecular weight excluding hydrogens is 236 g/mol. The Hall–Kier alpha value is -0.930. The maximum Gasteiger partial charge on any atom is 0.0639 e. The Morgan fingerprint density at radius 1 is 1.37 bits per heavy atom. The fourth-order valence-corrected chi connectivity index (χ4v) is 2.52. The Bertz CT molecular complexity index is 434. The van der Waals surface area contributed by atoms with E-state index in [9.17, 15) is 0 Å². The van der Waals surface area contributed by atoms with Gasteiger partial charge in [-0.05, 0) is 52.4 Å². The first kappa shape index (κ1) is 14.5. The number of ether oxygens (including phenoxy) is 1. The van der Waals surface area contributed by atoms with Crippen molar-refractivity contribution in [1.82, 2.24) is 9.88 Å². The summed E-state index contributed by atoms with van der Waals surface area (Å²) >= 11 is 0. The minimum atomic E-state index is -0.0525. The zero-order valence-corrected chi connectivity index (χ0v) is 12.9. The molecule has 0 aromatic carbocycles. The Balaban J connectivity index is 2.47. The molecule has 2 rings (SSSR count). The molecule has 0 spiro atoms. The number of aryl methyl sites for hydroxylation is 1. The molecule has 1 aliphatic rings. The maximum atomic E-state index is 5.55. The predicted molar refractivity (Wildman–Crippen MR) is 78.5 cm³/mol. The second-order valence-corrected chi connectivity index (χ2v) is 6.11. The van der Waals surface area contributed by atoms with Crippen molar-refractivity contribution in [3.8, 4) is 0 Å². The quantitative estimate of drug-likeness (QED) is 0.834. The molecule has 1 atom stereocenters. The summed E-state index contributed by atoms with van der Waals surface area (Å²) in [5.41, 5.74) is 3.71. The van der Waals surface area contributed by atoms with Gasteiger partial charge < -0.3 is 4.74 Å². The number of hydrogen-bond acceptors (Lipinski definition) is 3. The van der Waals surface area contributed by atoms with E-state index in [0.29, 0.717) is 5.92 Å². The zero-order chi connectivity index (χ0) is 14.0. The molecule has 1 aromatic heterocycles. The van der Waals surface area contributed by atoms with E-state index >= 15 is 0 Å². The minimum absolute atomic E-state index is 0.0525. The Kier molecular flexibility index (Phi) is 4.26. The van der Waals surface area contributed by atoms with E-state index in [-0.39, 0.29) is 5.54 Å². The standard InChI is InChI=1S/C16H26N2O/c1-6-13-7-8-14(12-9-10-19-11-12)15(17-13)16(2,3)18(4)5/h7-8,12H,6,9-11H2,1-5H3. The molecule has 0 aliphatic carbocycles. The van der Waals surface area contributed by atoms with Crippen molar-refractivity contribution in [2.24, 2.45) is 0 Å². The van der Waals surface area contributed by atoms with Crippen molar-refractivity contribution < 1.29 is 4.74 Å². The summed E-state index contributed by atoms with van der Waals surface area (Å²) in [4.78, 5) is 7.18. The third-order valence-corrected chi connectivity index (χ3v) is 4.41. The second-order valence-electron chi connectivity index (χ2n) is 6.11. The van der Waals surface area contributed by atoms with E-state index in [0.717, 1.165) is 26.1 Å². The fourth-order valence-electron chi connectivity index (χ4n) is 2.52. The lowest BCUT2D eigenvalue weighted by Crippen LogP contribution is -2.37. The molecule has 3 heteroatoms. The molecule has 0 N–H and O–H groups in total. The molecule has 0 saturated carbocycles. The summed E-state index contributed by atoms with van der Waals surface area (Å²) in [5.74, 6) is 0.507. The Morgan fingerprint density at radius 2 is 2.11 bits per heavy atom. The molecule has 1 aromatic rings. The molecule has 1 aliphatic heterocycles. The fraction of sp³-hybridized carbons (Fsp3) is 0.688. The first-order valence-electron chi connectivity index (χ1n) is 7.22. The van der Waals surface area contributed by atoms with Gasteiger partial charge in [0.25, 0.3) is 0 Å². The van der Waals surface area contributed by atoms with E-state index in [1.54, 1.807) is 0 Å². The summed E-state index contributed by atoms with van der Waals surface area (Å²) in [6.45, 7) is 8.36. The highest BCUT2D eigenvalue weighted by molar-refractivity contribution is 5.32. The van der Waals surface area contributed by atoms with Crippen LogP contribution in [0.25, 0.3) is 0 Å². The third kappa shape index (κ3) is 2.82. The summed E-state index contributed by atoms with van der Waals surface area (Å²) in [5, 5.41) is 0. The SMILES string of the molecule is CCc1ccc(C2CCOC2)c(C(C)(C)N(C)C)n1. The van der Waals surface area contributed by atoms with Gasteiger partial charge in [-0.2, -0.15) is 0 Å². The lowest BCUT2D eigenvalue weighted by atomic mass is 9.87. The van der Waals surface area contributed by atoms with Crippen molar-refractivity contribution in [3.05, 3.63) is 29.1 Å². The van der Waals surface area contributed by atoms with Crippen LogP contribution in [0.4, 0.5) is 0 Å². The monoisotopic (exact) mass is 262 g/mol. The number of aromatic nitrogens is 1. The van der Waals surface area contributed by atoms with Crippen molar-refractivity contribution >= 4 is 0 Å². The van der Waals surface area contributed by atoms with Gasteiger partial charge in [0.15, 0.2) is 0 Å². The van der Waals surface area contributed by atoms with Gasteiger partial charge in [-0.1, -0.05) is 13.0 Å². The number of hydrogen-bond donors (Lipinski definition) is 0. The van der Waals surface area contributed by atoms with Gasteiger partial charge in [-0.15, -0.1) is 0 Å². The van der Waals surface area contributed by atoms with Gasteiger partial charge in [-0.3, -0.25) is 9.88 Å². The average molecular weight is 262 g/mol. The van der Waals surface area contributed by atoms with Crippen LogP contribution < -0.4 is 0 Å². The molecule has 3 nitrogen and oxygen atoms in total. The van der Waals surface area contributed by atoms with Gasteiger partial charge in [-0.25, -0.2) is 0 Å². The highest BCUT2D eigenvalue weighted by atomic mass is 16.5. The first-order chi connectivity index (χ1) is 8.96. The third-order valence-electron chi connectivity index (χ3n) is 4.41. The summed E-state index contributed by atoms with van der Waals surface area (Å²) < 4.78 is 5.55. The van der Waals surface area contributed by atoms with E-state index in [2.05, 4.69) is 51.9 Å². The van der Waals surface area contributed by atoms with Gasteiger partial charge in [0.2, 0.25) is 0 Å². The van der Waals surface area contributed by atoms with Gasteiger partial charge >= 0.3 is 0 Å². The summed E-state index contributed by atoms with van der Waals surface area (Å²) in [6.07, 6.45) is 2.10. The van der Waals surface area contributed by atoms with Crippen molar-refractivity contribution in [3.63, 3.8) is 0 Å². The summed E-state index contributed by atoms with van der Waals surface area (Å²) in [7, 11) is 4.24. The number of pyridine rings is 1. The number of nitrogens with zero attached hydrogens (tertiary/aromatic N) is 2. The topological polar surface area (TPSA) is 25.4 Å². The second kappa shape index (κ2) is 5.59. The van der Waals surface area contributed by atoms with Crippen LogP contribution in [0.1, 0.15) is 50.1 Å². The van der Waals surface area contributed by atoms with Gasteiger partial charge in [0, 0.05) is 18.2 Å². The number of rotatable bonds is 4. The van der Waals surface area contributed by atoms with Crippen LogP contribution in [0.2, 0.25) is 0 Å². The predicted octanol–water partition coefficient (Wildman–Crippen LogP) is 2.94. The van der Waals surface area contributed by atoms with Gasteiger partial charge in [0.05, 0.1) is 17.8 Å². The van der Waals surface area contributed by atoms with Gasteiger partial charge in [0.1, 0.15) is 0 Å². The molecule has 1 unspecified atom stereocenters. The highest BCUT2D eigenvalue weighted by Gasteiger charge is 2.31. The Morgan fingerprint density at radius 3 is 2.63 bits per heavy atom. The summed E-state index contributed by atoms with van der Waals surface area (Å²) in [6, 6.07) is 4.44. The van der Waals surface area contributed by atoms with Crippen molar-refractivity contribution in [2.75, 3.05) is 27.3 Å². The molecule has 19 heavy (non-hydrogen) atoms. The van der Waals surface area contributed by atoms with E-state index < -0.39 is 0 Å². The molecule has 106 valence electrons. The van der Waals surface area contributed by atoms with E-state index in [1.165, 1.54) is 17.0 Å². The van der Waals surface area contributed by atoms with Crippen LogP contribution in [-0.2, 0) is 16.7 Å². The minimum Gasteiger partial charge on any atom is -0.381 e. The molecular formula is C16H26N2O. The van der Waals surface area contributed by atoms with Crippen molar-refractivity contribution in [2.45, 2.75) is 45.1 Å². The van der Waals surface area contributed by atoms with Crippen LogP contribution >= 0.6 is 0 Å². The molecule has 0 radical (unpaired) electrons. The largest absolute Gasteiger partial charge is 0.381 e.